The quantitative estimate of drug-likeness (QED) is 0.189. The second-order valence-corrected chi connectivity index (χ2v) is 12.8. The summed E-state index contributed by atoms with van der Waals surface area (Å²) in [4.78, 5) is 2.39. The van der Waals surface area contributed by atoms with Gasteiger partial charge in [0.2, 0.25) is 0 Å². The Hall–Kier alpha value is -5.70. The molecule has 0 N–H and O–H groups in total. The molecule has 1 heterocycles. The van der Waals surface area contributed by atoms with Gasteiger partial charge in [0.15, 0.2) is 0 Å². The minimum Gasteiger partial charge on any atom is -0.310 e. The normalized spacial score (nSPS) is 11.5. The van der Waals surface area contributed by atoms with Crippen LogP contribution in [-0.2, 0) is 0 Å². The van der Waals surface area contributed by atoms with Gasteiger partial charge in [-0.15, -0.1) is 11.3 Å². The molecule has 0 atom stereocenters. The molecule has 0 aliphatic heterocycles. The number of hydrogen-bond donors (Lipinski definition) is 0. The molecule has 0 unspecified atom stereocenters. The van der Waals surface area contributed by atoms with E-state index in [0.29, 0.717) is 0 Å². The second kappa shape index (κ2) is 11.0. The van der Waals surface area contributed by atoms with Crippen molar-refractivity contribution in [3.8, 4) is 22.3 Å². The standard InChI is InChI=1S/C44H29NS/c1-3-14-36-30(10-1)12-7-17-37(36)32-22-26-34(27-23-32)45(42-20-8-13-31-11-2-4-15-38(31)42)35-28-24-33(25-29-35)39-18-9-19-41-40-16-5-6-21-43(40)46-44(39)41/h1-29H. The van der Waals surface area contributed by atoms with Crippen molar-refractivity contribution >= 4 is 70.1 Å². The van der Waals surface area contributed by atoms with Crippen molar-refractivity contribution < 1.29 is 0 Å². The fraction of sp³-hybridized carbons (Fsp3) is 0. The molecule has 0 aliphatic carbocycles. The van der Waals surface area contributed by atoms with E-state index in [2.05, 4.69) is 181 Å². The number of anilines is 3. The van der Waals surface area contributed by atoms with E-state index >= 15 is 0 Å². The Labute approximate surface area is 272 Å². The second-order valence-electron chi connectivity index (χ2n) is 11.7. The van der Waals surface area contributed by atoms with E-state index in [1.54, 1.807) is 0 Å². The molecule has 1 nitrogen and oxygen atoms in total. The monoisotopic (exact) mass is 603 g/mol. The number of hydrogen-bond acceptors (Lipinski definition) is 2. The van der Waals surface area contributed by atoms with Gasteiger partial charge in [-0.3, -0.25) is 0 Å². The zero-order chi connectivity index (χ0) is 30.5. The Morgan fingerprint density at radius 2 is 0.848 bits per heavy atom. The third kappa shape index (κ3) is 4.46. The predicted octanol–water partition coefficient (Wildman–Crippen LogP) is 13.2. The summed E-state index contributed by atoms with van der Waals surface area (Å²) in [6.45, 7) is 0. The molecule has 9 aromatic rings. The number of nitrogens with zero attached hydrogens (tertiary/aromatic N) is 1. The summed E-state index contributed by atoms with van der Waals surface area (Å²) in [6.07, 6.45) is 0. The van der Waals surface area contributed by atoms with Crippen LogP contribution < -0.4 is 4.90 Å². The van der Waals surface area contributed by atoms with Crippen LogP contribution >= 0.6 is 11.3 Å². The predicted molar refractivity (Wildman–Crippen MR) is 200 cm³/mol. The summed E-state index contributed by atoms with van der Waals surface area (Å²) in [5.74, 6) is 0. The molecule has 0 fully saturated rings. The van der Waals surface area contributed by atoms with E-state index < -0.39 is 0 Å². The summed E-state index contributed by atoms with van der Waals surface area (Å²) in [5.41, 5.74) is 8.38. The minimum absolute atomic E-state index is 1.12. The maximum Gasteiger partial charge on any atom is 0.0540 e. The third-order valence-corrected chi connectivity index (χ3v) is 10.3. The molecule has 0 spiro atoms. The molecule has 2 heteroatoms. The molecule has 0 aliphatic rings. The lowest BCUT2D eigenvalue weighted by atomic mass is 9.98. The van der Waals surface area contributed by atoms with Crippen molar-refractivity contribution in [3.63, 3.8) is 0 Å². The molecule has 1 aromatic heterocycles. The highest BCUT2D eigenvalue weighted by Crippen LogP contribution is 2.43. The van der Waals surface area contributed by atoms with Crippen molar-refractivity contribution in [3.05, 3.63) is 176 Å². The largest absolute Gasteiger partial charge is 0.310 e. The van der Waals surface area contributed by atoms with E-state index in [9.17, 15) is 0 Å². The lowest BCUT2D eigenvalue weighted by Crippen LogP contribution is -2.10. The number of benzene rings is 8. The zero-order valence-corrected chi connectivity index (χ0v) is 25.9. The first-order valence-corrected chi connectivity index (χ1v) is 16.5. The summed E-state index contributed by atoms with van der Waals surface area (Å²) in [7, 11) is 0. The molecule has 0 bridgehead atoms. The Balaban J connectivity index is 1.17. The smallest absolute Gasteiger partial charge is 0.0540 e. The molecule has 0 saturated carbocycles. The number of thiophene rings is 1. The summed E-state index contributed by atoms with van der Waals surface area (Å²) < 4.78 is 2.67. The Morgan fingerprint density at radius 3 is 1.59 bits per heavy atom. The van der Waals surface area contributed by atoms with Gasteiger partial charge in [0.25, 0.3) is 0 Å². The van der Waals surface area contributed by atoms with Crippen LogP contribution in [0.25, 0.3) is 64.0 Å². The van der Waals surface area contributed by atoms with E-state index in [4.69, 9.17) is 0 Å². The maximum absolute atomic E-state index is 2.39. The van der Waals surface area contributed by atoms with Crippen LogP contribution in [0.4, 0.5) is 17.1 Å². The summed E-state index contributed by atoms with van der Waals surface area (Å²) >= 11 is 1.88. The first-order valence-electron chi connectivity index (χ1n) is 15.7. The van der Waals surface area contributed by atoms with Crippen LogP contribution in [0.2, 0.25) is 0 Å². The number of rotatable bonds is 5. The molecule has 8 aromatic carbocycles. The van der Waals surface area contributed by atoms with Gasteiger partial charge in [0.1, 0.15) is 0 Å². The van der Waals surface area contributed by atoms with Gasteiger partial charge < -0.3 is 4.90 Å². The van der Waals surface area contributed by atoms with E-state index in [1.807, 2.05) is 11.3 Å². The van der Waals surface area contributed by atoms with Crippen LogP contribution in [0.1, 0.15) is 0 Å². The average molecular weight is 604 g/mol. The highest BCUT2D eigenvalue weighted by atomic mass is 32.1. The fourth-order valence-corrected chi connectivity index (χ4v) is 8.10. The molecular formula is C44H29NS. The summed E-state index contributed by atoms with van der Waals surface area (Å²) in [6, 6.07) is 63.9. The molecule has 0 saturated heterocycles. The fourth-order valence-electron chi connectivity index (χ4n) is 6.86. The van der Waals surface area contributed by atoms with Crippen molar-refractivity contribution in [2.75, 3.05) is 4.90 Å². The van der Waals surface area contributed by atoms with Gasteiger partial charge in [0, 0.05) is 36.9 Å². The van der Waals surface area contributed by atoms with E-state index in [1.165, 1.54) is 64.0 Å². The van der Waals surface area contributed by atoms with Gasteiger partial charge in [-0.05, 0) is 74.8 Å². The Morgan fingerprint density at radius 1 is 0.348 bits per heavy atom. The molecule has 216 valence electrons. The van der Waals surface area contributed by atoms with Crippen LogP contribution in [0.3, 0.4) is 0 Å². The average Bonchev–Trinajstić information content (AvgIpc) is 3.51. The van der Waals surface area contributed by atoms with Crippen LogP contribution in [-0.4, -0.2) is 0 Å². The summed E-state index contributed by atoms with van der Waals surface area (Å²) in [5, 5.41) is 7.63. The Kier molecular flexibility index (Phi) is 6.40. The molecule has 0 amide bonds. The maximum atomic E-state index is 2.39. The van der Waals surface area contributed by atoms with Crippen molar-refractivity contribution in [2.24, 2.45) is 0 Å². The Bertz CT molecular complexity index is 2510. The number of fused-ring (bicyclic) bond motifs is 5. The van der Waals surface area contributed by atoms with Crippen LogP contribution in [0.15, 0.2) is 176 Å². The highest BCUT2D eigenvalue weighted by Gasteiger charge is 2.17. The van der Waals surface area contributed by atoms with Crippen molar-refractivity contribution in [1.82, 2.24) is 0 Å². The molecular weight excluding hydrogens is 575 g/mol. The van der Waals surface area contributed by atoms with Gasteiger partial charge in [-0.1, -0.05) is 140 Å². The molecule has 0 radical (unpaired) electrons. The van der Waals surface area contributed by atoms with Gasteiger partial charge in [-0.25, -0.2) is 0 Å². The minimum atomic E-state index is 1.12. The first kappa shape index (κ1) is 26.7. The first-order chi connectivity index (χ1) is 22.8. The lowest BCUT2D eigenvalue weighted by molar-refractivity contribution is 1.30. The van der Waals surface area contributed by atoms with Crippen molar-refractivity contribution in [1.29, 1.82) is 0 Å². The molecule has 9 rings (SSSR count). The third-order valence-electron chi connectivity index (χ3n) is 9.07. The van der Waals surface area contributed by atoms with Crippen LogP contribution in [0.5, 0.6) is 0 Å². The topological polar surface area (TPSA) is 3.24 Å². The van der Waals surface area contributed by atoms with E-state index in [-0.39, 0.29) is 0 Å². The highest BCUT2D eigenvalue weighted by molar-refractivity contribution is 7.26. The lowest BCUT2D eigenvalue weighted by Gasteiger charge is -2.27. The van der Waals surface area contributed by atoms with E-state index in [0.717, 1.165) is 17.1 Å². The SMILES string of the molecule is c1ccc2c(-c3ccc(N(c4ccc(-c5cccc6c5sc5ccccc56)cc4)c4cccc5ccccc45)cc3)cccc2c1. The molecule has 46 heavy (non-hydrogen) atoms. The van der Waals surface area contributed by atoms with Gasteiger partial charge in [0.05, 0.1) is 5.69 Å². The van der Waals surface area contributed by atoms with Gasteiger partial charge >= 0.3 is 0 Å². The van der Waals surface area contributed by atoms with Crippen molar-refractivity contribution in [2.45, 2.75) is 0 Å². The zero-order valence-electron chi connectivity index (χ0n) is 25.1. The van der Waals surface area contributed by atoms with Crippen LogP contribution in [0, 0.1) is 0 Å². The van der Waals surface area contributed by atoms with Gasteiger partial charge in [-0.2, -0.15) is 0 Å².